The van der Waals surface area contributed by atoms with E-state index < -0.39 is 12.3 Å². The molecular weight excluding hydrogens is 388 g/mol. The molecule has 0 spiro atoms. The summed E-state index contributed by atoms with van der Waals surface area (Å²) >= 11 is 3.43. The van der Waals surface area contributed by atoms with Gasteiger partial charge in [0.2, 0.25) is 12.0 Å². The number of esters is 1. The first-order valence-corrected chi connectivity index (χ1v) is 9.07. The van der Waals surface area contributed by atoms with Crippen molar-refractivity contribution in [2.75, 3.05) is 19.8 Å². The molecule has 25 heavy (non-hydrogen) atoms. The van der Waals surface area contributed by atoms with E-state index in [1.807, 2.05) is 24.3 Å². The van der Waals surface area contributed by atoms with Gasteiger partial charge in [-0.25, -0.2) is 4.79 Å². The Bertz CT molecular complexity index is 596. The topological polar surface area (TPSA) is 65.0 Å². The van der Waals surface area contributed by atoms with E-state index in [4.69, 9.17) is 19.3 Å². The van der Waals surface area contributed by atoms with Crippen LogP contribution in [0, 0.1) is 0 Å². The van der Waals surface area contributed by atoms with E-state index in [1.165, 1.54) is 6.08 Å². The van der Waals surface area contributed by atoms with Gasteiger partial charge in [-0.1, -0.05) is 40.7 Å². The van der Waals surface area contributed by atoms with Crippen molar-refractivity contribution in [2.24, 2.45) is 0 Å². The number of allylic oxidation sites excluding steroid dienone is 1. The number of benzene rings is 1. The fourth-order valence-electron chi connectivity index (χ4n) is 2.48. The van der Waals surface area contributed by atoms with Crippen molar-refractivity contribution in [2.45, 2.75) is 31.5 Å². The molecule has 0 bridgehead atoms. The molecule has 0 radical (unpaired) electrons. The number of carbonyl (C=O) groups excluding carboxylic acids is 1. The van der Waals surface area contributed by atoms with Gasteiger partial charge >= 0.3 is 5.97 Å². The predicted octanol–water partition coefficient (Wildman–Crippen LogP) is 3.68. The Balaban J connectivity index is 2.10. The van der Waals surface area contributed by atoms with Gasteiger partial charge in [0, 0.05) is 23.4 Å². The SMILES string of the molecule is C=CCOC(=O)C1=C[C@H](c2ccc(Br)cc2)C[C@H](OCCCCO)O1. The Labute approximate surface area is 156 Å². The van der Waals surface area contributed by atoms with Crippen molar-refractivity contribution in [3.8, 4) is 0 Å². The molecule has 0 saturated heterocycles. The van der Waals surface area contributed by atoms with Crippen molar-refractivity contribution in [3.63, 3.8) is 0 Å². The number of aliphatic hydroxyl groups is 1. The summed E-state index contributed by atoms with van der Waals surface area (Å²) in [4.78, 5) is 12.2. The zero-order valence-corrected chi connectivity index (χ0v) is 15.6. The molecule has 1 aromatic rings. The molecule has 0 amide bonds. The largest absolute Gasteiger partial charge is 0.458 e. The predicted molar refractivity (Wildman–Crippen MR) is 97.9 cm³/mol. The van der Waals surface area contributed by atoms with Crippen LogP contribution in [0.25, 0.3) is 0 Å². The van der Waals surface area contributed by atoms with Crippen molar-refractivity contribution in [1.29, 1.82) is 0 Å². The minimum atomic E-state index is -0.524. The molecule has 5 nitrogen and oxygen atoms in total. The molecule has 136 valence electrons. The quantitative estimate of drug-likeness (QED) is 0.382. The summed E-state index contributed by atoms with van der Waals surface area (Å²) in [6.07, 6.45) is 4.78. The lowest BCUT2D eigenvalue weighted by molar-refractivity contribution is -0.160. The smallest absolute Gasteiger partial charge is 0.373 e. The fraction of sp³-hybridized carbons (Fsp3) is 0.421. The second-order valence-electron chi connectivity index (χ2n) is 5.66. The normalized spacial score (nSPS) is 19.7. The van der Waals surface area contributed by atoms with Crippen LogP contribution >= 0.6 is 15.9 Å². The van der Waals surface area contributed by atoms with Crippen molar-refractivity contribution >= 4 is 21.9 Å². The lowest BCUT2D eigenvalue weighted by Crippen LogP contribution is -2.28. The van der Waals surface area contributed by atoms with Gasteiger partial charge in [-0.05, 0) is 36.6 Å². The number of hydrogen-bond acceptors (Lipinski definition) is 5. The van der Waals surface area contributed by atoms with E-state index in [-0.39, 0.29) is 24.9 Å². The van der Waals surface area contributed by atoms with Crippen LogP contribution < -0.4 is 0 Å². The molecule has 1 aromatic carbocycles. The van der Waals surface area contributed by atoms with Gasteiger partial charge in [-0.3, -0.25) is 0 Å². The Morgan fingerprint density at radius 2 is 2.12 bits per heavy atom. The van der Waals surface area contributed by atoms with E-state index in [0.29, 0.717) is 19.4 Å². The molecule has 0 aliphatic carbocycles. The highest BCUT2D eigenvalue weighted by Crippen LogP contribution is 2.32. The first kappa shape index (κ1) is 19.7. The molecule has 1 heterocycles. The average molecular weight is 411 g/mol. The number of rotatable bonds is 9. The number of hydrogen-bond donors (Lipinski definition) is 1. The van der Waals surface area contributed by atoms with Crippen molar-refractivity contribution in [1.82, 2.24) is 0 Å². The van der Waals surface area contributed by atoms with Crippen LogP contribution in [0.4, 0.5) is 0 Å². The zero-order chi connectivity index (χ0) is 18.1. The van der Waals surface area contributed by atoms with Crippen LogP contribution in [0.15, 0.2) is 53.2 Å². The maximum absolute atomic E-state index is 12.2. The molecule has 0 unspecified atom stereocenters. The van der Waals surface area contributed by atoms with Crippen LogP contribution in [-0.4, -0.2) is 37.2 Å². The maximum atomic E-state index is 12.2. The molecule has 0 saturated carbocycles. The minimum Gasteiger partial charge on any atom is -0.458 e. The van der Waals surface area contributed by atoms with Gasteiger partial charge in [0.05, 0.1) is 6.61 Å². The third kappa shape index (κ3) is 6.30. The number of unbranched alkanes of at least 4 members (excludes halogenated alkanes) is 1. The first-order valence-electron chi connectivity index (χ1n) is 8.28. The van der Waals surface area contributed by atoms with Gasteiger partial charge in [0.1, 0.15) is 6.61 Å². The van der Waals surface area contributed by atoms with E-state index in [2.05, 4.69) is 22.5 Å². The Kier molecular flexibility index (Phi) is 8.18. The summed E-state index contributed by atoms with van der Waals surface area (Å²) in [7, 11) is 0. The van der Waals surface area contributed by atoms with E-state index in [9.17, 15) is 4.79 Å². The minimum absolute atomic E-state index is 0.00373. The van der Waals surface area contributed by atoms with E-state index in [1.54, 1.807) is 6.08 Å². The van der Waals surface area contributed by atoms with Gasteiger partial charge in [0.25, 0.3) is 0 Å². The molecule has 0 aromatic heterocycles. The van der Waals surface area contributed by atoms with Gasteiger partial charge in [0.15, 0.2) is 0 Å². The highest BCUT2D eigenvalue weighted by molar-refractivity contribution is 9.10. The summed E-state index contributed by atoms with van der Waals surface area (Å²) in [6.45, 7) is 4.26. The van der Waals surface area contributed by atoms with Crippen LogP contribution in [0.1, 0.15) is 30.7 Å². The van der Waals surface area contributed by atoms with Crippen molar-refractivity contribution in [3.05, 3.63) is 58.8 Å². The van der Waals surface area contributed by atoms with Gasteiger partial charge < -0.3 is 19.3 Å². The fourth-order valence-corrected chi connectivity index (χ4v) is 2.75. The molecule has 1 aliphatic rings. The summed E-state index contributed by atoms with van der Waals surface area (Å²) in [6, 6.07) is 7.94. The van der Waals surface area contributed by atoms with Gasteiger partial charge in [-0.2, -0.15) is 0 Å². The number of aliphatic hydroxyl groups excluding tert-OH is 1. The van der Waals surface area contributed by atoms with Crippen LogP contribution in [0.2, 0.25) is 0 Å². The zero-order valence-electron chi connectivity index (χ0n) is 14.0. The monoisotopic (exact) mass is 410 g/mol. The number of carbonyl (C=O) groups is 1. The molecule has 6 heteroatoms. The lowest BCUT2D eigenvalue weighted by Gasteiger charge is -2.29. The first-order chi connectivity index (χ1) is 12.1. The summed E-state index contributed by atoms with van der Waals surface area (Å²) in [5.41, 5.74) is 1.07. The summed E-state index contributed by atoms with van der Waals surface area (Å²) in [5, 5.41) is 8.84. The maximum Gasteiger partial charge on any atom is 0.373 e. The standard InChI is InChI=1S/C19H23BrO5/c1-2-10-24-19(22)17-12-15(14-5-7-16(20)8-6-14)13-18(25-17)23-11-4-3-9-21/h2,5-8,12,15,18,21H,1,3-4,9-11,13H2/t15-,18+/m0/s1. The van der Waals surface area contributed by atoms with Crippen LogP contribution in [0.5, 0.6) is 0 Å². The molecule has 1 aliphatic heterocycles. The Morgan fingerprint density at radius 1 is 1.36 bits per heavy atom. The summed E-state index contributed by atoms with van der Waals surface area (Å²) in [5.74, 6) is -0.366. The molecule has 0 fully saturated rings. The third-order valence-electron chi connectivity index (χ3n) is 3.75. The Hall–Kier alpha value is -1.63. The average Bonchev–Trinajstić information content (AvgIpc) is 2.63. The van der Waals surface area contributed by atoms with E-state index in [0.717, 1.165) is 16.5 Å². The molecular formula is C19H23BrO5. The third-order valence-corrected chi connectivity index (χ3v) is 4.27. The highest BCUT2D eigenvalue weighted by atomic mass is 79.9. The number of ether oxygens (including phenoxy) is 3. The molecule has 2 atom stereocenters. The van der Waals surface area contributed by atoms with Crippen LogP contribution in [-0.2, 0) is 19.0 Å². The van der Waals surface area contributed by atoms with Crippen molar-refractivity contribution < 1.29 is 24.1 Å². The summed E-state index contributed by atoms with van der Waals surface area (Å²) < 4.78 is 17.5. The second kappa shape index (κ2) is 10.4. The van der Waals surface area contributed by atoms with E-state index >= 15 is 0 Å². The van der Waals surface area contributed by atoms with Gasteiger partial charge in [-0.15, -0.1) is 0 Å². The lowest BCUT2D eigenvalue weighted by atomic mass is 9.93. The molecule has 2 rings (SSSR count). The number of halogens is 1. The highest BCUT2D eigenvalue weighted by Gasteiger charge is 2.29. The molecule has 1 N–H and O–H groups in total. The second-order valence-corrected chi connectivity index (χ2v) is 6.58. The Morgan fingerprint density at radius 3 is 2.80 bits per heavy atom. The van der Waals surface area contributed by atoms with Crippen LogP contribution in [0.3, 0.4) is 0 Å².